The topological polar surface area (TPSA) is 9.23 Å². The number of hydrogen-bond acceptors (Lipinski definition) is 1. The van der Waals surface area contributed by atoms with E-state index in [1.165, 1.54) is 47.1 Å². The van der Waals surface area contributed by atoms with Crippen molar-refractivity contribution in [1.82, 2.24) is 0 Å². The van der Waals surface area contributed by atoms with Gasteiger partial charge in [0, 0.05) is 0 Å². The lowest BCUT2D eigenvalue weighted by atomic mass is 10.0. The van der Waals surface area contributed by atoms with Crippen LogP contribution in [0.3, 0.4) is 0 Å². The monoisotopic (exact) mass is 360 g/mol. The number of hydrogen-bond donors (Lipinski definition) is 0. The van der Waals surface area contributed by atoms with E-state index in [-0.39, 0.29) is 0 Å². The van der Waals surface area contributed by atoms with Gasteiger partial charge in [-0.25, -0.2) is 0 Å². The highest BCUT2D eigenvalue weighted by atomic mass is 16.5. The quantitative estimate of drug-likeness (QED) is 0.360. The van der Waals surface area contributed by atoms with Gasteiger partial charge in [-0.1, -0.05) is 88.6 Å². The smallest absolute Gasteiger partial charge is 0.119 e. The van der Waals surface area contributed by atoms with Crippen LogP contribution >= 0.6 is 0 Å². The van der Waals surface area contributed by atoms with Crippen LogP contribution in [0.4, 0.5) is 0 Å². The highest BCUT2D eigenvalue weighted by Gasteiger charge is 2.10. The summed E-state index contributed by atoms with van der Waals surface area (Å²) in [5.74, 6) is 1.54. The summed E-state index contributed by atoms with van der Waals surface area (Å²) in [7, 11) is 0. The summed E-state index contributed by atoms with van der Waals surface area (Å²) >= 11 is 0. The van der Waals surface area contributed by atoms with Crippen LogP contribution in [0.2, 0.25) is 0 Å². The Morgan fingerprint density at radius 1 is 0.778 bits per heavy atom. The van der Waals surface area contributed by atoms with Crippen LogP contribution in [0.5, 0.6) is 5.75 Å². The summed E-state index contributed by atoms with van der Waals surface area (Å²) in [6.45, 7) is 7.54. The summed E-state index contributed by atoms with van der Waals surface area (Å²) in [6, 6.07) is 22.2. The van der Waals surface area contributed by atoms with Crippen molar-refractivity contribution in [3.63, 3.8) is 0 Å². The van der Waals surface area contributed by atoms with Crippen LogP contribution in [0.15, 0.2) is 60.7 Å². The molecule has 1 aromatic rings. The van der Waals surface area contributed by atoms with Crippen LogP contribution < -0.4 is 4.74 Å². The maximum Gasteiger partial charge on any atom is 0.119 e. The summed E-state index contributed by atoms with van der Waals surface area (Å²) < 4.78 is 5.86. The molecule has 0 N–H and O–H groups in total. The van der Waals surface area contributed by atoms with Crippen molar-refractivity contribution in [3.05, 3.63) is 77.4 Å². The van der Waals surface area contributed by atoms with E-state index in [4.69, 9.17) is 4.74 Å². The maximum absolute atomic E-state index is 5.86. The highest BCUT2D eigenvalue weighted by Crippen LogP contribution is 2.30. The molecule has 0 saturated heterocycles. The Bertz CT molecular complexity index is 801. The van der Waals surface area contributed by atoms with Crippen molar-refractivity contribution < 1.29 is 4.74 Å². The molecule has 0 fully saturated rings. The maximum atomic E-state index is 5.86. The van der Waals surface area contributed by atoms with Gasteiger partial charge in [0.15, 0.2) is 0 Å². The molecule has 0 atom stereocenters. The molecule has 1 nitrogen and oxygen atoms in total. The van der Waals surface area contributed by atoms with E-state index in [2.05, 4.69) is 81.4 Å². The van der Waals surface area contributed by atoms with E-state index in [9.17, 15) is 0 Å². The lowest BCUT2D eigenvalue weighted by Gasteiger charge is -2.07. The molecule has 0 unspecified atom stereocenters. The van der Waals surface area contributed by atoms with Crippen molar-refractivity contribution in [2.45, 2.75) is 58.8 Å². The first-order valence-electron chi connectivity index (χ1n) is 10.4. The number of ether oxygens (including phenoxy) is 1. The largest absolute Gasteiger partial charge is 0.494 e. The van der Waals surface area contributed by atoms with Gasteiger partial charge in [-0.05, 0) is 58.7 Å². The molecule has 1 aromatic carbocycles. The Balaban J connectivity index is 1.64. The third-order valence-electron chi connectivity index (χ3n) is 5.27. The van der Waals surface area contributed by atoms with Crippen molar-refractivity contribution in [3.8, 4) is 16.9 Å². The van der Waals surface area contributed by atoms with Crippen molar-refractivity contribution in [2.24, 2.45) is 0 Å². The number of benzene rings is 1. The Hall–Kier alpha value is -2.28. The minimum Gasteiger partial charge on any atom is -0.494 e. The minimum atomic E-state index is 0.555. The van der Waals surface area contributed by atoms with Gasteiger partial charge >= 0.3 is 0 Å². The van der Waals surface area contributed by atoms with Gasteiger partial charge in [-0.3, -0.25) is 0 Å². The van der Waals surface area contributed by atoms with Gasteiger partial charge in [0.1, 0.15) is 5.75 Å². The Morgan fingerprint density at radius 3 is 2.26 bits per heavy atom. The zero-order valence-electron chi connectivity index (χ0n) is 17.0. The normalized spacial score (nSPS) is 11.3. The molecular formula is C26H32O. The van der Waals surface area contributed by atoms with Crippen molar-refractivity contribution in [2.75, 3.05) is 6.61 Å². The van der Waals surface area contributed by atoms with Crippen LogP contribution in [0.1, 0.15) is 69.1 Å². The first-order valence-corrected chi connectivity index (χ1v) is 10.4. The molecule has 0 saturated carbocycles. The molecule has 0 heterocycles. The second kappa shape index (κ2) is 9.60. The fourth-order valence-electron chi connectivity index (χ4n) is 3.51. The van der Waals surface area contributed by atoms with Crippen molar-refractivity contribution in [1.29, 1.82) is 0 Å². The number of fused-ring (bicyclic) bond motifs is 1. The third-order valence-corrected chi connectivity index (χ3v) is 5.27. The molecule has 0 aliphatic heterocycles. The van der Waals surface area contributed by atoms with Crippen LogP contribution in [0.25, 0.3) is 11.1 Å². The van der Waals surface area contributed by atoms with E-state index < -0.39 is 0 Å². The molecule has 0 radical (unpaired) electrons. The summed E-state index contributed by atoms with van der Waals surface area (Å²) in [5.41, 5.74) is 6.79. The molecule has 0 bridgehead atoms. The molecule has 3 rings (SSSR count). The standard InChI is InChI=1S/C26H32O/c1-4-5-6-7-18-27-25-15-8-21(9-16-25)19-24-13-12-23-11-10-22(20(2)3)14-17-26(23)24/h8-17,20H,4-7,18-19H2,1-3H3. The number of unbranched alkanes of at least 4 members (excludes halogenated alkanes) is 3. The van der Waals surface area contributed by atoms with Gasteiger partial charge in [-0.15, -0.1) is 0 Å². The first kappa shape index (κ1) is 19.5. The molecule has 27 heavy (non-hydrogen) atoms. The molecule has 2 aliphatic rings. The Morgan fingerprint density at radius 2 is 1.52 bits per heavy atom. The molecule has 2 aliphatic carbocycles. The lowest BCUT2D eigenvalue weighted by Crippen LogP contribution is -1.97. The van der Waals surface area contributed by atoms with Gasteiger partial charge in [0.2, 0.25) is 0 Å². The Labute approximate surface area is 164 Å². The third kappa shape index (κ3) is 5.35. The molecule has 0 amide bonds. The van der Waals surface area contributed by atoms with Gasteiger partial charge in [0.05, 0.1) is 6.61 Å². The molecule has 0 aromatic heterocycles. The Kier molecular flexibility index (Phi) is 6.92. The van der Waals surface area contributed by atoms with Crippen molar-refractivity contribution >= 4 is 0 Å². The predicted molar refractivity (Wildman–Crippen MR) is 116 cm³/mol. The molecule has 1 heteroatoms. The average Bonchev–Trinajstić information content (AvgIpc) is 2.91. The fourth-order valence-corrected chi connectivity index (χ4v) is 3.51. The summed E-state index contributed by atoms with van der Waals surface area (Å²) in [4.78, 5) is 0. The molecule has 142 valence electrons. The van der Waals surface area contributed by atoms with E-state index in [1.807, 2.05) is 0 Å². The van der Waals surface area contributed by atoms with E-state index in [0.717, 1.165) is 25.2 Å². The molecular weight excluding hydrogens is 328 g/mol. The van der Waals surface area contributed by atoms with E-state index in [1.54, 1.807) is 0 Å². The highest BCUT2D eigenvalue weighted by molar-refractivity contribution is 5.71. The second-order valence-electron chi connectivity index (χ2n) is 7.78. The zero-order chi connectivity index (χ0) is 19.1. The van der Waals surface area contributed by atoms with Crippen LogP contribution in [-0.2, 0) is 6.42 Å². The SMILES string of the molecule is CCCCCCOc1ccc(Cc2ccc3ccc(C(C)C)ccc2-3)cc1. The van der Waals surface area contributed by atoms with Gasteiger partial charge < -0.3 is 4.74 Å². The van der Waals surface area contributed by atoms with Crippen LogP contribution in [0, 0.1) is 0 Å². The molecule has 0 spiro atoms. The summed E-state index contributed by atoms with van der Waals surface area (Å²) in [5, 5.41) is 0. The van der Waals surface area contributed by atoms with Crippen LogP contribution in [-0.4, -0.2) is 6.61 Å². The predicted octanol–water partition coefficient (Wildman–Crippen LogP) is 7.46. The number of rotatable bonds is 9. The fraction of sp³-hybridized carbons (Fsp3) is 0.385. The van der Waals surface area contributed by atoms with Gasteiger partial charge in [0.25, 0.3) is 0 Å². The average molecular weight is 361 g/mol. The van der Waals surface area contributed by atoms with E-state index in [0.29, 0.717) is 5.92 Å². The second-order valence-corrected chi connectivity index (χ2v) is 7.78. The lowest BCUT2D eigenvalue weighted by molar-refractivity contribution is 0.305. The zero-order valence-corrected chi connectivity index (χ0v) is 17.0. The minimum absolute atomic E-state index is 0.555. The summed E-state index contributed by atoms with van der Waals surface area (Å²) in [6.07, 6.45) is 5.93. The van der Waals surface area contributed by atoms with E-state index >= 15 is 0 Å². The van der Waals surface area contributed by atoms with Gasteiger partial charge in [-0.2, -0.15) is 0 Å². The first-order chi connectivity index (χ1) is 13.2.